The summed E-state index contributed by atoms with van der Waals surface area (Å²) in [5.41, 5.74) is -0.0576. The molecule has 0 fully saturated rings. The molecule has 0 bridgehead atoms. The highest BCUT2D eigenvalue weighted by atomic mass is 32.2. The molecule has 0 aliphatic carbocycles. The summed E-state index contributed by atoms with van der Waals surface area (Å²) < 4.78 is 26.2. The van der Waals surface area contributed by atoms with Crippen molar-refractivity contribution in [1.82, 2.24) is 9.97 Å². The van der Waals surface area contributed by atoms with Crippen LogP contribution >= 0.6 is 11.8 Å². The van der Waals surface area contributed by atoms with Gasteiger partial charge in [0.1, 0.15) is 11.6 Å². The summed E-state index contributed by atoms with van der Waals surface area (Å²) >= 11 is 1.15. The second-order valence-electron chi connectivity index (χ2n) is 3.90. The number of carbonyl (C=O) groups is 1. The molecule has 1 aromatic carbocycles. The first-order valence-corrected chi connectivity index (χ1v) is 6.64. The zero-order valence-corrected chi connectivity index (χ0v) is 11.3. The maximum Gasteiger partial charge on any atom is 0.237 e. The van der Waals surface area contributed by atoms with Crippen LogP contribution in [-0.4, -0.2) is 21.1 Å². The molecule has 0 radical (unpaired) electrons. The Kier molecular flexibility index (Phi) is 4.62. The van der Waals surface area contributed by atoms with Crippen molar-refractivity contribution < 1.29 is 13.6 Å². The number of hydrogen-bond donors (Lipinski definition) is 1. The summed E-state index contributed by atoms with van der Waals surface area (Å²) in [4.78, 5) is 19.9. The summed E-state index contributed by atoms with van der Waals surface area (Å²) in [6.07, 6.45) is 3.14. The van der Waals surface area contributed by atoms with Crippen LogP contribution < -0.4 is 5.32 Å². The molecule has 1 atom stereocenters. The lowest BCUT2D eigenvalue weighted by Gasteiger charge is -2.11. The summed E-state index contributed by atoms with van der Waals surface area (Å²) in [5, 5.41) is 2.34. The van der Waals surface area contributed by atoms with Crippen LogP contribution in [0.2, 0.25) is 0 Å². The summed E-state index contributed by atoms with van der Waals surface area (Å²) in [6.45, 7) is 1.65. The predicted molar refractivity (Wildman–Crippen MR) is 72.3 cm³/mol. The van der Waals surface area contributed by atoms with Crippen molar-refractivity contribution in [2.75, 3.05) is 5.32 Å². The molecular weight excluding hydrogens is 284 g/mol. The van der Waals surface area contributed by atoms with Gasteiger partial charge in [0.2, 0.25) is 5.91 Å². The fraction of sp³-hybridized carbons (Fsp3) is 0.154. The first kappa shape index (κ1) is 14.4. The van der Waals surface area contributed by atoms with E-state index in [0.29, 0.717) is 11.2 Å². The van der Waals surface area contributed by atoms with Crippen LogP contribution in [0, 0.1) is 11.6 Å². The van der Waals surface area contributed by atoms with Gasteiger partial charge in [0.25, 0.3) is 0 Å². The van der Waals surface area contributed by atoms with E-state index in [9.17, 15) is 13.6 Å². The Hall–Kier alpha value is -2.02. The van der Waals surface area contributed by atoms with Crippen LogP contribution in [0.4, 0.5) is 14.5 Å². The molecule has 1 aromatic heterocycles. The number of anilines is 1. The van der Waals surface area contributed by atoms with Crippen molar-refractivity contribution in [2.24, 2.45) is 0 Å². The first-order chi connectivity index (χ1) is 9.56. The Morgan fingerprint density at radius 2 is 2.00 bits per heavy atom. The highest BCUT2D eigenvalue weighted by molar-refractivity contribution is 8.00. The number of halogens is 2. The Morgan fingerprint density at radius 1 is 1.30 bits per heavy atom. The quantitative estimate of drug-likeness (QED) is 0.696. The monoisotopic (exact) mass is 295 g/mol. The Bertz CT molecular complexity index is 610. The molecule has 0 saturated carbocycles. The summed E-state index contributed by atoms with van der Waals surface area (Å²) in [5.74, 6) is -1.92. The maximum atomic E-state index is 13.4. The third-order valence-corrected chi connectivity index (χ3v) is 3.37. The van der Waals surface area contributed by atoms with Gasteiger partial charge >= 0.3 is 0 Å². The van der Waals surface area contributed by atoms with Gasteiger partial charge in [0.05, 0.1) is 10.9 Å². The van der Waals surface area contributed by atoms with E-state index in [4.69, 9.17) is 0 Å². The standard InChI is InChI=1S/C13H11F2N3OS/c1-8(20-13-16-5-2-6-17-13)12(19)18-11-4-3-9(14)7-10(11)15/h2-8H,1H3,(H,18,19). The van der Waals surface area contributed by atoms with E-state index in [1.165, 1.54) is 6.07 Å². The van der Waals surface area contributed by atoms with Crippen LogP contribution in [0.15, 0.2) is 41.8 Å². The number of nitrogens with zero attached hydrogens (tertiary/aromatic N) is 2. The normalized spacial score (nSPS) is 11.9. The summed E-state index contributed by atoms with van der Waals surface area (Å²) in [7, 11) is 0. The molecule has 2 rings (SSSR count). The number of thioether (sulfide) groups is 1. The molecule has 0 aliphatic heterocycles. The first-order valence-electron chi connectivity index (χ1n) is 5.76. The van der Waals surface area contributed by atoms with Crippen LogP contribution in [0.3, 0.4) is 0 Å². The van der Waals surface area contributed by atoms with E-state index >= 15 is 0 Å². The number of amides is 1. The summed E-state index contributed by atoms with van der Waals surface area (Å²) in [6, 6.07) is 4.65. The third kappa shape index (κ3) is 3.74. The fourth-order valence-corrected chi connectivity index (χ4v) is 2.11. The van der Waals surface area contributed by atoms with Crippen molar-refractivity contribution in [2.45, 2.75) is 17.3 Å². The third-order valence-electron chi connectivity index (χ3n) is 2.38. The SMILES string of the molecule is CC(Sc1ncccn1)C(=O)Nc1ccc(F)cc1F. The van der Waals surface area contributed by atoms with Crippen molar-refractivity contribution in [3.05, 3.63) is 48.3 Å². The molecule has 0 saturated heterocycles. The maximum absolute atomic E-state index is 13.4. The van der Waals surface area contributed by atoms with Gasteiger partial charge in [-0.05, 0) is 25.1 Å². The Balaban J connectivity index is 2.01. The second kappa shape index (κ2) is 6.42. The average Bonchev–Trinajstić information content (AvgIpc) is 2.43. The molecule has 7 heteroatoms. The van der Waals surface area contributed by atoms with E-state index in [1.807, 2.05) is 0 Å². The molecule has 1 N–H and O–H groups in total. The van der Waals surface area contributed by atoms with Gasteiger partial charge in [-0.2, -0.15) is 0 Å². The lowest BCUT2D eigenvalue weighted by atomic mass is 10.3. The van der Waals surface area contributed by atoms with Gasteiger partial charge in [-0.15, -0.1) is 0 Å². The lowest BCUT2D eigenvalue weighted by Crippen LogP contribution is -2.23. The van der Waals surface area contributed by atoms with E-state index in [0.717, 1.165) is 17.8 Å². The van der Waals surface area contributed by atoms with Gasteiger partial charge < -0.3 is 5.32 Å². The average molecular weight is 295 g/mol. The van der Waals surface area contributed by atoms with Crippen LogP contribution in [0.5, 0.6) is 0 Å². The lowest BCUT2D eigenvalue weighted by molar-refractivity contribution is -0.115. The topological polar surface area (TPSA) is 54.9 Å². The number of benzene rings is 1. The molecule has 2 aromatic rings. The molecule has 104 valence electrons. The van der Waals surface area contributed by atoms with Gasteiger partial charge in [-0.1, -0.05) is 11.8 Å². The van der Waals surface area contributed by atoms with E-state index in [-0.39, 0.29) is 5.69 Å². The molecule has 0 spiro atoms. The molecule has 4 nitrogen and oxygen atoms in total. The smallest absolute Gasteiger partial charge is 0.237 e. The van der Waals surface area contributed by atoms with Crippen LogP contribution in [0.1, 0.15) is 6.92 Å². The van der Waals surface area contributed by atoms with Gasteiger partial charge in [0.15, 0.2) is 5.16 Å². The molecule has 1 amide bonds. The Labute approximate surface area is 118 Å². The molecule has 0 aliphatic rings. The number of rotatable bonds is 4. The van der Waals surface area contributed by atoms with Crippen molar-refractivity contribution in [3.8, 4) is 0 Å². The van der Waals surface area contributed by atoms with E-state index in [1.54, 1.807) is 25.4 Å². The second-order valence-corrected chi connectivity index (χ2v) is 5.21. The predicted octanol–water partition coefficient (Wildman–Crippen LogP) is 2.87. The van der Waals surface area contributed by atoms with E-state index < -0.39 is 22.8 Å². The molecule has 1 unspecified atom stereocenters. The minimum atomic E-state index is -0.813. The molecule has 1 heterocycles. The van der Waals surface area contributed by atoms with Crippen molar-refractivity contribution in [3.63, 3.8) is 0 Å². The minimum absolute atomic E-state index is 0.0576. The van der Waals surface area contributed by atoms with Gasteiger partial charge in [-0.3, -0.25) is 4.79 Å². The fourth-order valence-electron chi connectivity index (χ4n) is 1.38. The minimum Gasteiger partial charge on any atom is -0.323 e. The number of aromatic nitrogens is 2. The highest BCUT2D eigenvalue weighted by Gasteiger charge is 2.17. The number of hydrogen-bond acceptors (Lipinski definition) is 4. The van der Waals surface area contributed by atoms with E-state index in [2.05, 4.69) is 15.3 Å². The largest absolute Gasteiger partial charge is 0.323 e. The number of carbonyl (C=O) groups excluding carboxylic acids is 1. The van der Waals surface area contributed by atoms with Gasteiger partial charge in [-0.25, -0.2) is 18.7 Å². The Morgan fingerprint density at radius 3 is 2.65 bits per heavy atom. The van der Waals surface area contributed by atoms with Crippen LogP contribution in [0.25, 0.3) is 0 Å². The van der Waals surface area contributed by atoms with Crippen molar-refractivity contribution >= 4 is 23.4 Å². The zero-order chi connectivity index (χ0) is 14.5. The number of nitrogens with one attached hydrogen (secondary N) is 1. The highest BCUT2D eigenvalue weighted by Crippen LogP contribution is 2.21. The van der Waals surface area contributed by atoms with Crippen LogP contribution in [-0.2, 0) is 4.79 Å². The van der Waals surface area contributed by atoms with Gasteiger partial charge in [0, 0.05) is 18.5 Å². The zero-order valence-electron chi connectivity index (χ0n) is 10.5. The molecular formula is C13H11F2N3OS. The van der Waals surface area contributed by atoms with Crippen molar-refractivity contribution in [1.29, 1.82) is 0 Å². The molecule has 20 heavy (non-hydrogen) atoms.